The molecule has 1 fully saturated rings. The molecule has 0 aromatic carbocycles. The molecule has 7 heteroatoms. The first-order valence-corrected chi connectivity index (χ1v) is 9.23. The van der Waals surface area contributed by atoms with Gasteiger partial charge in [0.1, 0.15) is 11.5 Å². The van der Waals surface area contributed by atoms with Crippen LogP contribution in [-0.4, -0.2) is 38.9 Å². The first-order valence-electron chi connectivity index (χ1n) is 9.23. The molecule has 3 rings (SSSR count). The van der Waals surface area contributed by atoms with E-state index in [1.165, 1.54) is 0 Å². The maximum atomic E-state index is 12.5. The Balaban J connectivity index is 1.62. The van der Waals surface area contributed by atoms with Crippen LogP contribution in [0.4, 0.5) is 0 Å². The van der Waals surface area contributed by atoms with Crippen LogP contribution in [0.5, 0.6) is 0 Å². The molecule has 26 heavy (non-hydrogen) atoms. The van der Waals surface area contributed by atoms with E-state index in [1.807, 2.05) is 12.1 Å². The second kappa shape index (κ2) is 8.40. The van der Waals surface area contributed by atoms with Gasteiger partial charge in [-0.3, -0.25) is 9.48 Å². The van der Waals surface area contributed by atoms with Gasteiger partial charge in [0.15, 0.2) is 0 Å². The Bertz CT molecular complexity index is 750. The predicted octanol–water partition coefficient (Wildman–Crippen LogP) is 2.23. The van der Waals surface area contributed by atoms with Crippen LogP contribution in [-0.2, 0) is 24.8 Å². The summed E-state index contributed by atoms with van der Waals surface area (Å²) >= 11 is 0. The van der Waals surface area contributed by atoms with Gasteiger partial charge in [-0.05, 0) is 37.3 Å². The van der Waals surface area contributed by atoms with E-state index in [9.17, 15) is 4.79 Å². The van der Waals surface area contributed by atoms with E-state index >= 15 is 0 Å². The minimum absolute atomic E-state index is 0.142. The van der Waals surface area contributed by atoms with Crippen LogP contribution in [0.15, 0.2) is 18.3 Å². The summed E-state index contributed by atoms with van der Waals surface area (Å²) in [6.45, 7) is 6.13. The standard InChI is InChI=1S/C19H27N5O2/c1-13(2)9-16-10-17(24(3)23-16)19(25)21-11-15-6-7-20-18(22-15)14-5-4-8-26-12-14/h6-7,10,13-14H,4-5,8-9,11-12H2,1-3H3,(H,21,25). The van der Waals surface area contributed by atoms with Crippen molar-refractivity contribution < 1.29 is 9.53 Å². The molecule has 1 aliphatic heterocycles. The summed E-state index contributed by atoms with van der Waals surface area (Å²) in [5.41, 5.74) is 2.31. The van der Waals surface area contributed by atoms with Crippen LogP contribution in [0.3, 0.4) is 0 Å². The molecule has 2 aromatic heterocycles. The summed E-state index contributed by atoms with van der Waals surface area (Å²) in [4.78, 5) is 21.5. The van der Waals surface area contributed by atoms with Crippen LogP contribution in [0.1, 0.15) is 60.3 Å². The zero-order valence-electron chi connectivity index (χ0n) is 15.7. The van der Waals surface area contributed by atoms with Crippen LogP contribution < -0.4 is 5.32 Å². The first kappa shape index (κ1) is 18.5. The summed E-state index contributed by atoms with van der Waals surface area (Å²) in [6.07, 6.45) is 4.70. The molecule has 0 radical (unpaired) electrons. The number of hydrogen-bond acceptors (Lipinski definition) is 5. The number of carbonyl (C=O) groups is 1. The summed E-state index contributed by atoms with van der Waals surface area (Å²) in [6, 6.07) is 3.70. The van der Waals surface area contributed by atoms with Crippen molar-refractivity contribution in [3.63, 3.8) is 0 Å². The molecule has 3 heterocycles. The van der Waals surface area contributed by atoms with Gasteiger partial charge in [0.25, 0.3) is 5.91 Å². The summed E-state index contributed by atoms with van der Waals surface area (Å²) in [5, 5.41) is 7.35. The second-order valence-corrected chi connectivity index (χ2v) is 7.25. The molecule has 1 unspecified atom stereocenters. The maximum absolute atomic E-state index is 12.5. The zero-order valence-corrected chi connectivity index (χ0v) is 15.7. The summed E-state index contributed by atoms with van der Waals surface area (Å²) < 4.78 is 7.15. The Labute approximate surface area is 154 Å². The Morgan fingerprint density at radius 3 is 3.00 bits per heavy atom. The molecule has 140 valence electrons. The van der Waals surface area contributed by atoms with E-state index in [4.69, 9.17) is 4.74 Å². The summed E-state index contributed by atoms with van der Waals surface area (Å²) in [5.74, 6) is 1.41. The van der Waals surface area contributed by atoms with Crippen LogP contribution in [0.2, 0.25) is 0 Å². The lowest BCUT2D eigenvalue weighted by atomic mass is 10.0. The minimum atomic E-state index is -0.142. The van der Waals surface area contributed by atoms with Gasteiger partial charge in [-0.15, -0.1) is 0 Å². The predicted molar refractivity (Wildman–Crippen MR) is 97.7 cm³/mol. The molecular formula is C19H27N5O2. The smallest absolute Gasteiger partial charge is 0.269 e. The number of rotatable bonds is 6. The van der Waals surface area contributed by atoms with E-state index in [2.05, 4.69) is 34.2 Å². The van der Waals surface area contributed by atoms with Crippen LogP contribution >= 0.6 is 0 Å². The molecule has 2 aromatic rings. The number of nitrogens with zero attached hydrogens (tertiary/aromatic N) is 4. The fourth-order valence-electron chi connectivity index (χ4n) is 3.17. The van der Waals surface area contributed by atoms with Crippen LogP contribution in [0.25, 0.3) is 0 Å². The average molecular weight is 357 g/mol. The molecule has 0 bridgehead atoms. The molecule has 1 N–H and O–H groups in total. The number of hydrogen-bond donors (Lipinski definition) is 1. The molecular weight excluding hydrogens is 330 g/mol. The SMILES string of the molecule is CC(C)Cc1cc(C(=O)NCc2ccnc(C3CCCOC3)n2)n(C)n1. The fourth-order valence-corrected chi connectivity index (χ4v) is 3.17. The van der Waals surface area contributed by atoms with Crippen molar-refractivity contribution in [3.05, 3.63) is 41.2 Å². The highest BCUT2D eigenvalue weighted by Crippen LogP contribution is 2.22. The van der Waals surface area contributed by atoms with Crippen molar-refractivity contribution in [1.82, 2.24) is 25.1 Å². The largest absolute Gasteiger partial charge is 0.381 e. The molecule has 1 amide bonds. The normalized spacial score (nSPS) is 17.5. The first-order chi connectivity index (χ1) is 12.5. The zero-order chi connectivity index (χ0) is 18.5. The highest BCUT2D eigenvalue weighted by molar-refractivity contribution is 5.92. The Morgan fingerprint density at radius 2 is 2.27 bits per heavy atom. The number of carbonyl (C=O) groups excluding carboxylic acids is 1. The molecule has 0 aliphatic carbocycles. The van der Waals surface area contributed by atoms with Gasteiger partial charge >= 0.3 is 0 Å². The van der Waals surface area contributed by atoms with Gasteiger partial charge < -0.3 is 10.1 Å². The van der Waals surface area contributed by atoms with Gasteiger partial charge in [-0.1, -0.05) is 13.8 Å². The minimum Gasteiger partial charge on any atom is -0.381 e. The van der Waals surface area contributed by atoms with Gasteiger partial charge in [-0.25, -0.2) is 9.97 Å². The third kappa shape index (κ3) is 4.66. The van der Waals surface area contributed by atoms with Gasteiger partial charge in [0.05, 0.1) is 24.5 Å². The van der Waals surface area contributed by atoms with E-state index in [0.717, 1.165) is 43.1 Å². The maximum Gasteiger partial charge on any atom is 0.269 e. The van der Waals surface area contributed by atoms with Gasteiger partial charge in [0.2, 0.25) is 0 Å². The number of nitrogens with one attached hydrogen (secondary N) is 1. The lowest BCUT2D eigenvalue weighted by Gasteiger charge is -2.20. The van der Waals surface area contributed by atoms with Crippen molar-refractivity contribution in [2.45, 2.75) is 45.6 Å². The third-order valence-electron chi connectivity index (χ3n) is 4.47. The van der Waals surface area contributed by atoms with E-state index in [1.54, 1.807) is 17.9 Å². The Hall–Kier alpha value is -2.28. The lowest BCUT2D eigenvalue weighted by molar-refractivity contribution is 0.0779. The number of aryl methyl sites for hydroxylation is 1. The number of aromatic nitrogens is 4. The fraction of sp³-hybridized carbons (Fsp3) is 0.579. The molecule has 0 spiro atoms. The quantitative estimate of drug-likeness (QED) is 0.857. The van der Waals surface area contributed by atoms with Crippen molar-refractivity contribution >= 4 is 5.91 Å². The number of ether oxygens (including phenoxy) is 1. The third-order valence-corrected chi connectivity index (χ3v) is 4.47. The molecule has 1 saturated heterocycles. The molecule has 1 atom stereocenters. The molecule has 0 saturated carbocycles. The highest BCUT2D eigenvalue weighted by atomic mass is 16.5. The second-order valence-electron chi connectivity index (χ2n) is 7.25. The highest BCUT2D eigenvalue weighted by Gasteiger charge is 2.19. The van der Waals surface area contributed by atoms with E-state index < -0.39 is 0 Å². The average Bonchev–Trinajstić information content (AvgIpc) is 3.00. The monoisotopic (exact) mass is 357 g/mol. The molecule has 1 aliphatic rings. The topological polar surface area (TPSA) is 81.9 Å². The van der Waals surface area contributed by atoms with Gasteiger partial charge in [-0.2, -0.15) is 5.10 Å². The van der Waals surface area contributed by atoms with Crippen molar-refractivity contribution in [1.29, 1.82) is 0 Å². The Kier molecular flexibility index (Phi) is 5.98. The molecule has 7 nitrogen and oxygen atoms in total. The van der Waals surface area contributed by atoms with Crippen molar-refractivity contribution in [2.75, 3.05) is 13.2 Å². The van der Waals surface area contributed by atoms with Gasteiger partial charge in [0, 0.05) is 25.8 Å². The lowest BCUT2D eigenvalue weighted by Crippen LogP contribution is -2.26. The van der Waals surface area contributed by atoms with Crippen molar-refractivity contribution in [2.24, 2.45) is 13.0 Å². The van der Waals surface area contributed by atoms with Crippen LogP contribution in [0, 0.1) is 5.92 Å². The van der Waals surface area contributed by atoms with Crippen molar-refractivity contribution in [3.8, 4) is 0 Å². The van der Waals surface area contributed by atoms with E-state index in [0.29, 0.717) is 24.8 Å². The van der Waals surface area contributed by atoms with E-state index in [-0.39, 0.29) is 11.8 Å². The number of amides is 1. The Morgan fingerprint density at radius 1 is 1.42 bits per heavy atom. The summed E-state index contributed by atoms with van der Waals surface area (Å²) in [7, 11) is 1.80.